The molecule has 0 unspecified atom stereocenters. The van der Waals surface area contributed by atoms with E-state index in [1.165, 1.54) is 12.1 Å². The molecule has 0 atom stereocenters. The first-order chi connectivity index (χ1) is 8.41. The van der Waals surface area contributed by atoms with Gasteiger partial charge in [-0.25, -0.2) is 0 Å². The molecular weight excluding hydrogens is 240 g/mol. The summed E-state index contributed by atoms with van der Waals surface area (Å²) in [5.41, 5.74) is 5.83. The van der Waals surface area contributed by atoms with Gasteiger partial charge in [0.05, 0.1) is 5.56 Å². The van der Waals surface area contributed by atoms with Crippen LogP contribution in [0.15, 0.2) is 24.3 Å². The number of carbonyl (C=O) groups excluding carboxylic acids is 1. The number of nitrogens with zero attached hydrogens (tertiary/aromatic N) is 1. The van der Waals surface area contributed by atoms with Crippen LogP contribution in [-0.2, 0) is 9.59 Å². The molecule has 1 aromatic carbocycles. The second-order valence-electron chi connectivity index (χ2n) is 3.54. The van der Waals surface area contributed by atoms with Gasteiger partial charge < -0.3 is 20.8 Å². The largest absolute Gasteiger partial charge is 0.480 e. The number of carboxylic acid groups (broad SMARTS) is 2. The van der Waals surface area contributed by atoms with Crippen molar-refractivity contribution < 1.29 is 24.6 Å². The molecule has 0 bridgehead atoms. The molecule has 7 nitrogen and oxygen atoms in total. The molecular formula is C11H12N2O5. The monoisotopic (exact) mass is 252 g/mol. The number of benzene rings is 1. The fraction of sp³-hybridized carbons (Fsp3) is 0.182. The van der Waals surface area contributed by atoms with E-state index >= 15 is 0 Å². The zero-order valence-electron chi connectivity index (χ0n) is 9.37. The number of amides is 1. The van der Waals surface area contributed by atoms with E-state index in [-0.39, 0.29) is 11.3 Å². The summed E-state index contributed by atoms with van der Waals surface area (Å²) in [6.45, 7) is -1.39. The van der Waals surface area contributed by atoms with Crippen LogP contribution in [0.1, 0.15) is 10.4 Å². The van der Waals surface area contributed by atoms with Crippen LogP contribution >= 0.6 is 0 Å². The normalized spacial score (nSPS) is 9.78. The Labute approximate surface area is 102 Å². The molecule has 4 N–H and O–H groups in total. The van der Waals surface area contributed by atoms with Gasteiger partial charge in [0, 0.05) is 5.69 Å². The lowest BCUT2D eigenvalue weighted by Gasteiger charge is -2.19. The second kappa shape index (κ2) is 5.67. The number of para-hydroxylation sites is 1. The van der Waals surface area contributed by atoms with Gasteiger partial charge in [0.1, 0.15) is 13.1 Å². The Hall–Kier alpha value is -2.57. The Morgan fingerprint density at radius 1 is 1.06 bits per heavy atom. The average Bonchev–Trinajstić information content (AvgIpc) is 2.26. The molecule has 18 heavy (non-hydrogen) atoms. The molecule has 1 rings (SSSR count). The summed E-state index contributed by atoms with van der Waals surface area (Å²) >= 11 is 0. The molecule has 0 saturated heterocycles. The third-order valence-corrected chi connectivity index (χ3v) is 2.13. The fourth-order valence-electron chi connectivity index (χ4n) is 1.39. The van der Waals surface area contributed by atoms with Crippen molar-refractivity contribution in [1.82, 2.24) is 4.90 Å². The SMILES string of the molecule is Nc1ccccc1C(=O)N(CC(=O)O)CC(=O)O. The van der Waals surface area contributed by atoms with Gasteiger partial charge in [-0.15, -0.1) is 0 Å². The van der Waals surface area contributed by atoms with Gasteiger partial charge in [-0.3, -0.25) is 14.4 Å². The predicted molar refractivity (Wildman–Crippen MR) is 62.0 cm³/mol. The zero-order valence-corrected chi connectivity index (χ0v) is 9.37. The Morgan fingerprint density at radius 3 is 2.00 bits per heavy atom. The standard InChI is InChI=1S/C11H12N2O5/c12-8-4-2-1-3-7(8)11(18)13(5-9(14)15)6-10(16)17/h1-4H,5-6,12H2,(H,14,15)(H,16,17). The van der Waals surface area contributed by atoms with Crippen molar-refractivity contribution in [3.8, 4) is 0 Å². The van der Waals surface area contributed by atoms with Gasteiger partial charge in [0.25, 0.3) is 5.91 Å². The minimum atomic E-state index is -1.29. The first-order valence-electron chi connectivity index (χ1n) is 4.99. The molecule has 0 fully saturated rings. The van der Waals surface area contributed by atoms with Crippen LogP contribution in [0.2, 0.25) is 0 Å². The van der Waals surface area contributed by atoms with Gasteiger partial charge in [-0.05, 0) is 12.1 Å². The average molecular weight is 252 g/mol. The Kier molecular flexibility index (Phi) is 4.25. The summed E-state index contributed by atoms with van der Waals surface area (Å²) in [5.74, 6) is -3.31. The zero-order chi connectivity index (χ0) is 13.7. The van der Waals surface area contributed by atoms with Crippen LogP contribution in [0.4, 0.5) is 5.69 Å². The first kappa shape index (κ1) is 13.5. The lowest BCUT2D eigenvalue weighted by molar-refractivity contribution is -0.140. The van der Waals surface area contributed by atoms with E-state index in [9.17, 15) is 14.4 Å². The van der Waals surface area contributed by atoms with Gasteiger partial charge in [0.15, 0.2) is 0 Å². The maximum absolute atomic E-state index is 12.0. The highest BCUT2D eigenvalue weighted by atomic mass is 16.4. The van der Waals surface area contributed by atoms with Crippen molar-refractivity contribution in [2.24, 2.45) is 0 Å². The number of anilines is 1. The number of nitrogen functional groups attached to an aromatic ring is 1. The van der Waals surface area contributed by atoms with E-state index in [0.717, 1.165) is 0 Å². The number of nitrogens with two attached hydrogens (primary N) is 1. The van der Waals surface area contributed by atoms with E-state index in [1.54, 1.807) is 12.1 Å². The smallest absolute Gasteiger partial charge is 0.323 e. The van der Waals surface area contributed by atoms with E-state index in [2.05, 4.69) is 0 Å². The summed E-state index contributed by atoms with van der Waals surface area (Å²) in [5, 5.41) is 17.3. The topological polar surface area (TPSA) is 121 Å². The van der Waals surface area contributed by atoms with E-state index in [1.807, 2.05) is 0 Å². The van der Waals surface area contributed by atoms with Crippen molar-refractivity contribution in [3.63, 3.8) is 0 Å². The van der Waals surface area contributed by atoms with Crippen LogP contribution in [-0.4, -0.2) is 46.0 Å². The summed E-state index contributed by atoms with van der Waals surface area (Å²) < 4.78 is 0. The number of hydrogen-bond donors (Lipinski definition) is 3. The van der Waals surface area contributed by atoms with Crippen molar-refractivity contribution >= 4 is 23.5 Å². The number of carbonyl (C=O) groups is 3. The van der Waals surface area contributed by atoms with Crippen molar-refractivity contribution in [2.75, 3.05) is 18.8 Å². The number of rotatable bonds is 5. The summed E-state index contributed by atoms with van der Waals surface area (Å²) in [7, 11) is 0. The van der Waals surface area contributed by atoms with Gasteiger partial charge in [-0.1, -0.05) is 12.1 Å². The summed E-state index contributed by atoms with van der Waals surface area (Å²) in [6, 6.07) is 6.06. The summed E-state index contributed by atoms with van der Waals surface area (Å²) in [4.78, 5) is 33.8. The fourth-order valence-corrected chi connectivity index (χ4v) is 1.39. The molecule has 1 amide bonds. The number of aliphatic carboxylic acids is 2. The molecule has 0 radical (unpaired) electrons. The van der Waals surface area contributed by atoms with E-state index < -0.39 is 30.9 Å². The lowest BCUT2D eigenvalue weighted by Crippen LogP contribution is -2.39. The van der Waals surface area contributed by atoms with Crippen LogP contribution in [0.5, 0.6) is 0 Å². The first-order valence-corrected chi connectivity index (χ1v) is 4.99. The van der Waals surface area contributed by atoms with Gasteiger partial charge in [0.2, 0.25) is 0 Å². The molecule has 1 aromatic rings. The van der Waals surface area contributed by atoms with Crippen LogP contribution in [0.25, 0.3) is 0 Å². The third-order valence-electron chi connectivity index (χ3n) is 2.13. The highest BCUT2D eigenvalue weighted by Crippen LogP contribution is 2.13. The van der Waals surface area contributed by atoms with Crippen LogP contribution < -0.4 is 5.73 Å². The molecule has 0 aliphatic heterocycles. The van der Waals surface area contributed by atoms with Crippen LogP contribution in [0, 0.1) is 0 Å². The molecule has 0 heterocycles. The molecule has 96 valence electrons. The Bertz CT molecular complexity index is 470. The van der Waals surface area contributed by atoms with E-state index in [0.29, 0.717) is 4.90 Å². The maximum atomic E-state index is 12.0. The highest BCUT2D eigenvalue weighted by Gasteiger charge is 2.22. The number of carboxylic acids is 2. The number of hydrogen-bond acceptors (Lipinski definition) is 4. The summed E-state index contributed by atoms with van der Waals surface area (Å²) in [6.07, 6.45) is 0. The van der Waals surface area contributed by atoms with Gasteiger partial charge in [-0.2, -0.15) is 0 Å². The molecule has 7 heteroatoms. The highest BCUT2D eigenvalue weighted by molar-refractivity contribution is 6.01. The second-order valence-corrected chi connectivity index (χ2v) is 3.54. The van der Waals surface area contributed by atoms with E-state index in [4.69, 9.17) is 15.9 Å². The lowest BCUT2D eigenvalue weighted by atomic mass is 10.1. The minimum absolute atomic E-state index is 0.0833. The Morgan fingerprint density at radius 2 is 1.56 bits per heavy atom. The third kappa shape index (κ3) is 3.48. The van der Waals surface area contributed by atoms with Crippen molar-refractivity contribution in [1.29, 1.82) is 0 Å². The molecule has 0 aromatic heterocycles. The molecule has 0 aliphatic rings. The molecule has 0 spiro atoms. The van der Waals surface area contributed by atoms with Crippen LogP contribution in [0.3, 0.4) is 0 Å². The molecule has 0 saturated carbocycles. The van der Waals surface area contributed by atoms with Gasteiger partial charge >= 0.3 is 11.9 Å². The molecule has 0 aliphatic carbocycles. The predicted octanol–water partition coefficient (Wildman–Crippen LogP) is -0.120. The van der Waals surface area contributed by atoms with Crippen molar-refractivity contribution in [2.45, 2.75) is 0 Å². The Balaban J connectivity index is 2.98. The minimum Gasteiger partial charge on any atom is -0.480 e. The van der Waals surface area contributed by atoms with Crippen molar-refractivity contribution in [3.05, 3.63) is 29.8 Å². The maximum Gasteiger partial charge on any atom is 0.323 e. The quantitative estimate of drug-likeness (QED) is 0.628.